The lowest BCUT2D eigenvalue weighted by Crippen LogP contribution is -2.24. The summed E-state index contributed by atoms with van der Waals surface area (Å²) < 4.78 is 5.84. The minimum absolute atomic E-state index is 0.187. The zero-order chi connectivity index (χ0) is 23.3. The first-order valence-electron chi connectivity index (χ1n) is 11.6. The number of anilines is 1. The van der Waals surface area contributed by atoms with E-state index in [1.807, 2.05) is 48.7 Å². The second kappa shape index (κ2) is 10.3. The summed E-state index contributed by atoms with van der Waals surface area (Å²) in [6.45, 7) is 5.11. The van der Waals surface area contributed by atoms with Crippen molar-refractivity contribution in [3.63, 3.8) is 0 Å². The van der Waals surface area contributed by atoms with Crippen molar-refractivity contribution in [2.75, 3.05) is 18.4 Å². The van der Waals surface area contributed by atoms with Crippen LogP contribution in [0.4, 0.5) is 5.13 Å². The Morgan fingerprint density at radius 3 is 2.47 bits per heavy atom. The third-order valence-electron chi connectivity index (χ3n) is 5.94. The van der Waals surface area contributed by atoms with Gasteiger partial charge in [-0.2, -0.15) is 0 Å². The SMILES string of the molecule is Cc1cccc(-c2nnc(-c3ccc(C(=O)Nc4nc(CN5CCCCCC5)cs4)cc3)o2)c1. The lowest BCUT2D eigenvalue weighted by molar-refractivity contribution is 0.102. The Morgan fingerprint density at radius 2 is 1.74 bits per heavy atom. The van der Waals surface area contributed by atoms with Crippen LogP contribution in [-0.2, 0) is 6.54 Å². The molecule has 0 aliphatic carbocycles. The van der Waals surface area contributed by atoms with E-state index in [2.05, 4.69) is 25.4 Å². The quantitative estimate of drug-likeness (QED) is 0.381. The van der Waals surface area contributed by atoms with Crippen molar-refractivity contribution >= 4 is 22.4 Å². The van der Waals surface area contributed by atoms with Gasteiger partial charge in [0, 0.05) is 28.6 Å². The van der Waals surface area contributed by atoms with Crippen molar-refractivity contribution in [1.29, 1.82) is 0 Å². The molecule has 1 aliphatic heterocycles. The van der Waals surface area contributed by atoms with Crippen molar-refractivity contribution < 1.29 is 9.21 Å². The van der Waals surface area contributed by atoms with Gasteiger partial charge in [0.2, 0.25) is 11.8 Å². The molecule has 1 aliphatic rings. The van der Waals surface area contributed by atoms with Gasteiger partial charge in [-0.25, -0.2) is 4.98 Å². The molecule has 0 bridgehead atoms. The number of hydrogen-bond donors (Lipinski definition) is 1. The normalized spacial score (nSPS) is 14.6. The van der Waals surface area contributed by atoms with Gasteiger partial charge in [0.05, 0.1) is 5.69 Å². The average Bonchev–Trinajstić information content (AvgIpc) is 3.44. The molecule has 8 heteroatoms. The smallest absolute Gasteiger partial charge is 0.257 e. The predicted molar refractivity (Wildman–Crippen MR) is 134 cm³/mol. The van der Waals surface area contributed by atoms with Crippen molar-refractivity contribution in [2.24, 2.45) is 0 Å². The van der Waals surface area contributed by atoms with Gasteiger partial charge in [0.25, 0.3) is 5.91 Å². The highest BCUT2D eigenvalue weighted by atomic mass is 32.1. The summed E-state index contributed by atoms with van der Waals surface area (Å²) in [5.41, 5.74) is 4.33. The number of hydrogen-bond acceptors (Lipinski definition) is 7. The largest absolute Gasteiger partial charge is 0.416 e. The van der Waals surface area contributed by atoms with Crippen molar-refractivity contribution in [3.05, 3.63) is 70.7 Å². The van der Waals surface area contributed by atoms with Crippen LogP contribution in [0.1, 0.15) is 47.3 Å². The predicted octanol–water partition coefficient (Wildman–Crippen LogP) is 5.80. The first-order valence-corrected chi connectivity index (χ1v) is 12.5. The molecule has 2 aromatic carbocycles. The highest BCUT2D eigenvalue weighted by molar-refractivity contribution is 7.14. The van der Waals surface area contributed by atoms with Crippen LogP contribution in [0.5, 0.6) is 0 Å². The van der Waals surface area contributed by atoms with E-state index >= 15 is 0 Å². The molecule has 7 nitrogen and oxygen atoms in total. The Morgan fingerprint density at radius 1 is 1.00 bits per heavy atom. The molecular formula is C26H27N5O2S. The second-order valence-corrected chi connectivity index (χ2v) is 9.51. The molecule has 34 heavy (non-hydrogen) atoms. The minimum Gasteiger partial charge on any atom is -0.416 e. The molecule has 0 saturated carbocycles. The maximum atomic E-state index is 12.7. The maximum absolute atomic E-state index is 12.7. The van der Waals surface area contributed by atoms with Crippen molar-refractivity contribution in [2.45, 2.75) is 39.2 Å². The number of carbonyl (C=O) groups excluding carboxylic acids is 1. The van der Waals surface area contributed by atoms with Crippen LogP contribution in [0.15, 0.2) is 58.3 Å². The van der Waals surface area contributed by atoms with E-state index in [-0.39, 0.29) is 5.91 Å². The summed E-state index contributed by atoms with van der Waals surface area (Å²) in [6.07, 6.45) is 5.13. The van der Waals surface area contributed by atoms with E-state index < -0.39 is 0 Å². The number of carbonyl (C=O) groups is 1. The summed E-state index contributed by atoms with van der Waals surface area (Å²) in [6, 6.07) is 15.1. The molecule has 2 aromatic heterocycles. The Balaban J connectivity index is 1.21. The molecule has 0 radical (unpaired) electrons. The molecule has 5 rings (SSSR count). The van der Waals surface area contributed by atoms with Crippen LogP contribution in [0.25, 0.3) is 22.9 Å². The summed E-state index contributed by atoms with van der Waals surface area (Å²) in [5.74, 6) is 0.704. The van der Waals surface area contributed by atoms with Gasteiger partial charge in [0.1, 0.15) is 0 Å². The molecule has 1 N–H and O–H groups in total. The Hall–Kier alpha value is -3.36. The zero-order valence-corrected chi connectivity index (χ0v) is 20.0. The molecule has 1 saturated heterocycles. The van der Waals surface area contributed by atoms with Crippen LogP contribution in [0, 0.1) is 6.92 Å². The lowest BCUT2D eigenvalue weighted by atomic mass is 10.1. The Bertz CT molecular complexity index is 1260. The first kappa shape index (κ1) is 22.4. The van der Waals surface area contributed by atoms with Crippen LogP contribution < -0.4 is 5.32 Å². The van der Waals surface area contributed by atoms with E-state index in [1.165, 1.54) is 37.0 Å². The fourth-order valence-electron chi connectivity index (χ4n) is 4.13. The Labute approximate surface area is 202 Å². The summed E-state index contributed by atoms with van der Waals surface area (Å²) >= 11 is 1.46. The highest BCUT2D eigenvalue weighted by Crippen LogP contribution is 2.25. The molecule has 1 fully saturated rings. The number of amides is 1. The van der Waals surface area contributed by atoms with Gasteiger partial charge < -0.3 is 4.42 Å². The van der Waals surface area contributed by atoms with Crippen LogP contribution in [0.2, 0.25) is 0 Å². The van der Waals surface area contributed by atoms with Crippen molar-refractivity contribution in [3.8, 4) is 22.9 Å². The van der Waals surface area contributed by atoms with Crippen molar-refractivity contribution in [1.82, 2.24) is 20.1 Å². The number of benzene rings is 2. The zero-order valence-electron chi connectivity index (χ0n) is 19.2. The molecular weight excluding hydrogens is 446 g/mol. The maximum Gasteiger partial charge on any atom is 0.257 e. The standard InChI is InChI=1S/C26H27N5O2S/c1-18-7-6-8-21(15-18)25-30-29-24(33-25)20-11-9-19(10-12-20)23(32)28-26-27-22(17-34-26)16-31-13-4-2-3-5-14-31/h6-12,15,17H,2-5,13-14,16H2,1H3,(H,27,28,32). The van der Waals surface area contributed by atoms with Gasteiger partial charge in [-0.3, -0.25) is 15.0 Å². The molecule has 174 valence electrons. The number of aryl methyl sites for hydroxylation is 1. The average molecular weight is 474 g/mol. The molecule has 0 atom stereocenters. The van der Waals surface area contributed by atoms with E-state index in [4.69, 9.17) is 4.42 Å². The summed E-state index contributed by atoms with van der Waals surface area (Å²) in [5, 5.41) is 13.9. The number of nitrogens with zero attached hydrogens (tertiary/aromatic N) is 4. The van der Waals surface area contributed by atoms with Gasteiger partial charge >= 0.3 is 0 Å². The number of rotatable bonds is 6. The first-order chi connectivity index (χ1) is 16.6. The van der Waals surface area contributed by atoms with Gasteiger partial charge in [-0.05, 0) is 69.3 Å². The number of aromatic nitrogens is 3. The monoisotopic (exact) mass is 473 g/mol. The third kappa shape index (κ3) is 5.40. The van der Waals surface area contributed by atoms with E-state index in [0.29, 0.717) is 22.5 Å². The van der Waals surface area contributed by atoms with Gasteiger partial charge in [-0.1, -0.05) is 30.5 Å². The van der Waals surface area contributed by atoms with Crippen LogP contribution in [0.3, 0.4) is 0 Å². The molecule has 0 spiro atoms. The van der Waals surface area contributed by atoms with Gasteiger partial charge in [0.15, 0.2) is 5.13 Å². The van der Waals surface area contributed by atoms with Crippen LogP contribution in [-0.4, -0.2) is 39.1 Å². The second-order valence-electron chi connectivity index (χ2n) is 8.65. The summed E-state index contributed by atoms with van der Waals surface area (Å²) in [4.78, 5) is 19.8. The lowest BCUT2D eigenvalue weighted by Gasteiger charge is -2.17. The van der Waals surface area contributed by atoms with Gasteiger partial charge in [-0.15, -0.1) is 21.5 Å². The molecule has 3 heterocycles. The number of thiazole rings is 1. The minimum atomic E-state index is -0.187. The highest BCUT2D eigenvalue weighted by Gasteiger charge is 2.15. The Kier molecular flexibility index (Phi) is 6.78. The number of likely N-dealkylation sites (tertiary alicyclic amines) is 1. The van der Waals surface area contributed by atoms with E-state index in [9.17, 15) is 4.79 Å². The van der Waals surface area contributed by atoms with Crippen LogP contribution >= 0.6 is 11.3 Å². The fourth-order valence-corrected chi connectivity index (χ4v) is 4.82. The summed E-state index contributed by atoms with van der Waals surface area (Å²) in [7, 11) is 0. The molecule has 1 amide bonds. The molecule has 4 aromatic rings. The topological polar surface area (TPSA) is 84.2 Å². The third-order valence-corrected chi connectivity index (χ3v) is 6.75. The fraction of sp³-hybridized carbons (Fsp3) is 0.308. The van der Waals surface area contributed by atoms with E-state index in [1.54, 1.807) is 12.1 Å². The van der Waals surface area contributed by atoms with E-state index in [0.717, 1.165) is 42.0 Å². The number of nitrogens with one attached hydrogen (secondary N) is 1. The molecule has 0 unspecified atom stereocenters.